The molecule has 0 unspecified atom stereocenters. The van der Waals surface area contributed by atoms with Crippen LogP contribution in [0.25, 0.3) is 0 Å². The second-order valence-electron chi connectivity index (χ2n) is 2.94. The molecule has 0 atom stereocenters. The minimum Gasteiger partial charge on any atom is -0.303 e. The fourth-order valence-corrected chi connectivity index (χ4v) is 1.63. The summed E-state index contributed by atoms with van der Waals surface area (Å²) in [5.41, 5.74) is 0. The van der Waals surface area contributed by atoms with Crippen molar-refractivity contribution in [1.29, 1.82) is 0 Å². The highest BCUT2D eigenvalue weighted by atomic mass is 35.5. The Morgan fingerprint density at radius 1 is 1.09 bits per heavy atom. The number of hydrogen-bond donors (Lipinski definition) is 0. The fourth-order valence-electron chi connectivity index (χ4n) is 1.44. The molecule has 0 radical (unpaired) electrons. The summed E-state index contributed by atoms with van der Waals surface area (Å²) >= 11 is 5.57. The minimum absolute atomic E-state index is 0. The average molecular weight is 198 g/mol. The monoisotopic (exact) mass is 197 g/mol. The van der Waals surface area contributed by atoms with E-state index in [1.165, 1.54) is 45.3 Å². The van der Waals surface area contributed by atoms with E-state index in [1.54, 1.807) is 0 Å². The fraction of sp³-hybridized carbons (Fsp3) is 1.00. The molecule has 0 amide bonds. The summed E-state index contributed by atoms with van der Waals surface area (Å²) in [6.07, 6.45) is 5.27. The number of nitrogens with zero attached hydrogens (tertiary/aromatic N) is 1. The van der Waals surface area contributed by atoms with Crippen molar-refractivity contribution in [3.05, 3.63) is 0 Å². The number of hydrogen-bond acceptors (Lipinski definition) is 1. The van der Waals surface area contributed by atoms with Gasteiger partial charge in [0.2, 0.25) is 0 Å². The standard InChI is InChI=1S/C8H16ClN.ClH/c9-5-1-2-6-10-7-3-4-8-10;/h1-8H2;1H. The number of likely N-dealkylation sites (tertiary alicyclic amines) is 1. The van der Waals surface area contributed by atoms with Gasteiger partial charge in [0.1, 0.15) is 0 Å². The van der Waals surface area contributed by atoms with Gasteiger partial charge in [-0.1, -0.05) is 0 Å². The van der Waals surface area contributed by atoms with Crippen molar-refractivity contribution in [2.75, 3.05) is 25.5 Å². The number of rotatable bonds is 4. The first-order chi connectivity index (χ1) is 4.93. The van der Waals surface area contributed by atoms with Gasteiger partial charge in [0, 0.05) is 5.88 Å². The third-order valence-corrected chi connectivity index (χ3v) is 2.32. The molecule has 11 heavy (non-hydrogen) atoms. The SMILES string of the molecule is Cl.ClCCCCN1CCCC1. The molecule has 0 N–H and O–H groups in total. The lowest BCUT2D eigenvalue weighted by Crippen LogP contribution is -2.20. The van der Waals surface area contributed by atoms with Crippen LogP contribution in [-0.2, 0) is 0 Å². The molecule has 1 rings (SSSR count). The van der Waals surface area contributed by atoms with Crippen molar-refractivity contribution in [2.45, 2.75) is 25.7 Å². The van der Waals surface area contributed by atoms with E-state index in [0.717, 1.165) is 5.88 Å². The average Bonchev–Trinajstić information content (AvgIpc) is 2.41. The van der Waals surface area contributed by atoms with Crippen LogP contribution in [0.4, 0.5) is 0 Å². The lowest BCUT2D eigenvalue weighted by Gasteiger charge is -2.12. The molecular weight excluding hydrogens is 181 g/mol. The van der Waals surface area contributed by atoms with E-state index in [1.807, 2.05) is 0 Å². The Morgan fingerprint density at radius 2 is 1.73 bits per heavy atom. The summed E-state index contributed by atoms with van der Waals surface area (Å²) < 4.78 is 0. The predicted molar refractivity (Wildman–Crippen MR) is 52.9 cm³/mol. The Kier molecular flexibility index (Phi) is 7.56. The summed E-state index contributed by atoms with van der Waals surface area (Å²) in [6.45, 7) is 3.91. The molecule has 0 spiro atoms. The van der Waals surface area contributed by atoms with Crippen LogP contribution in [0.5, 0.6) is 0 Å². The normalized spacial score (nSPS) is 18.3. The Morgan fingerprint density at radius 3 is 2.27 bits per heavy atom. The van der Waals surface area contributed by atoms with Crippen LogP contribution in [-0.4, -0.2) is 30.4 Å². The summed E-state index contributed by atoms with van der Waals surface area (Å²) in [7, 11) is 0. The molecule has 0 saturated carbocycles. The van der Waals surface area contributed by atoms with Gasteiger partial charge in [-0.25, -0.2) is 0 Å². The summed E-state index contributed by atoms with van der Waals surface area (Å²) in [6, 6.07) is 0. The van der Waals surface area contributed by atoms with E-state index in [-0.39, 0.29) is 12.4 Å². The van der Waals surface area contributed by atoms with Crippen molar-refractivity contribution in [3.63, 3.8) is 0 Å². The summed E-state index contributed by atoms with van der Waals surface area (Å²) in [4.78, 5) is 2.53. The number of alkyl halides is 1. The van der Waals surface area contributed by atoms with Gasteiger partial charge in [-0.05, 0) is 45.3 Å². The second kappa shape index (κ2) is 7.20. The van der Waals surface area contributed by atoms with Gasteiger partial charge in [0.15, 0.2) is 0 Å². The molecule has 0 aliphatic carbocycles. The van der Waals surface area contributed by atoms with Crippen LogP contribution in [0.2, 0.25) is 0 Å². The van der Waals surface area contributed by atoms with Gasteiger partial charge >= 0.3 is 0 Å². The Labute approximate surface area is 80.5 Å². The van der Waals surface area contributed by atoms with Crippen LogP contribution < -0.4 is 0 Å². The highest BCUT2D eigenvalue weighted by molar-refractivity contribution is 6.17. The maximum absolute atomic E-state index is 5.57. The van der Waals surface area contributed by atoms with Gasteiger partial charge in [0.05, 0.1) is 0 Å². The highest BCUT2D eigenvalue weighted by Crippen LogP contribution is 2.08. The van der Waals surface area contributed by atoms with Crippen LogP contribution in [0, 0.1) is 0 Å². The molecular formula is C8H17Cl2N. The smallest absolute Gasteiger partial charge is 0.0223 e. The van der Waals surface area contributed by atoms with Crippen molar-refractivity contribution in [3.8, 4) is 0 Å². The maximum Gasteiger partial charge on any atom is 0.0223 e. The zero-order valence-electron chi connectivity index (χ0n) is 6.89. The molecule has 1 heterocycles. The van der Waals surface area contributed by atoms with Gasteiger partial charge in [0.25, 0.3) is 0 Å². The van der Waals surface area contributed by atoms with Crippen LogP contribution in [0.1, 0.15) is 25.7 Å². The van der Waals surface area contributed by atoms with Gasteiger partial charge in [-0.3, -0.25) is 0 Å². The Hall–Kier alpha value is 0.540. The third kappa shape index (κ3) is 4.89. The largest absolute Gasteiger partial charge is 0.303 e. The van der Waals surface area contributed by atoms with E-state index >= 15 is 0 Å². The molecule has 1 saturated heterocycles. The molecule has 0 aromatic carbocycles. The second-order valence-corrected chi connectivity index (χ2v) is 3.32. The minimum atomic E-state index is 0. The van der Waals surface area contributed by atoms with E-state index in [9.17, 15) is 0 Å². The molecule has 1 fully saturated rings. The molecule has 68 valence electrons. The van der Waals surface area contributed by atoms with E-state index in [4.69, 9.17) is 11.6 Å². The maximum atomic E-state index is 5.57. The topological polar surface area (TPSA) is 3.24 Å². The Bertz CT molecular complexity index is 82.2. The number of halogens is 2. The lowest BCUT2D eigenvalue weighted by molar-refractivity contribution is 0.333. The van der Waals surface area contributed by atoms with Crippen molar-refractivity contribution in [1.82, 2.24) is 4.90 Å². The van der Waals surface area contributed by atoms with Gasteiger partial charge < -0.3 is 4.90 Å². The van der Waals surface area contributed by atoms with E-state index in [2.05, 4.69) is 4.90 Å². The quantitative estimate of drug-likeness (QED) is 0.495. The van der Waals surface area contributed by atoms with Crippen LogP contribution >= 0.6 is 24.0 Å². The number of unbranched alkanes of at least 4 members (excludes halogenated alkanes) is 1. The third-order valence-electron chi connectivity index (χ3n) is 2.06. The first kappa shape index (κ1) is 11.5. The van der Waals surface area contributed by atoms with E-state index < -0.39 is 0 Å². The van der Waals surface area contributed by atoms with Crippen molar-refractivity contribution >= 4 is 24.0 Å². The highest BCUT2D eigenvalue weighted by Gasteiger charge is 2.09. The zero-order chi connectivity index (χ0) is 7.23. The molecule has 0 aromatic rings. The summed E-state index contributed by atoms with van der Waals surface area (Å²) in [5, 5.41) is 0. The first-order valence-corrected chi connectivity index (χ1v) is 4.75. The molecule has 1 nitrogen and oxygen atoms in total. The van der Waals surface area contributed by atoms with Crippen LogP contribution in [0.3, 0.4) is 0 Å². The van der Waals surface area contributed by atoms with Crippen LogP contribution in [0.15, 0.2) is 0 Å². The predicted octanol–water partition coefficient (Wildman–Crippen LogP) is 2.52. The molecule has 0 bridgehead atoms. The van der Waals surface area contributed by atoms with E-state index in [0.29, 0.717) is 0 Å². The molecule has 1 aliphatic heterocycles. The lowest BCUT2D eigenvalue weighted by atomic mass is 10.3. The molecule has 0 aromatic heterocycles. The Balaban J connectivity index is 0.000001000. The summed E-state index contributed by atoms with van der Waals surface area (Å²) in [5.74, 6) is 0.827. The van der Waals surface area contributed by atoms with Crippen molar-refractivity contribution < 1.29 is 0 Å². The van der Waals surface area contributed by atoms with Gasteiger partial charge in [-0.15, -0.1) is 24.0 Å². The first-order valence-electron chi connectivity index (χ1n) is 4.22. The molecule has 3 heteroatoms. The van der Waals surface area contributed by atoms with Gasteiger partial charge in [-0.2, -0.15) is 0 Å². The zero-order valence-corrected chi connectivity index (χ0v) is 8.46. The van der Waals surface area contributed by atoms with Crippen molar-refractivity contribution in [2.24, 2.45) is 0 Å². The molecule has 1 aliphatic rings.